The Morgan fingerprint density at radius 3 is 2.75 bits per heavy atom. The van der Waals surface area contributed by atoms with Crippen LogP contribution in [0.25, 0.3) is 0 Å². The number of ether oxygens (including phenoxy) is 2. The van der Waals surface area contributed by atoms with Crippen LogP contribution in [0.5, 0.6) is 0 Å². The van der Waals surface area contributed by atoms with Crippen LogP contribution in [0.2, 0.25) is 0 Å². The number of hydrogen-bond donors (Lipinski definition) is 1. The van der Waals surface area contributed by atoms with Crippen molar-refractivity contribution in [3.05, 3.63) is 23.8 Å². The maximum Gasteiger partial charge on any atom is 0.334 e. The zero-order chi connectivity index (χ0) is 17.5. The lowest BCUT2D eigenvalue weighted by molar-refractivity contribution is -0.165. The molecule has 2 heterocycles. The fraction of sp³-hybridized carbons (Fsp3) is 0.750. The zero-order valence-electron chi connectivity index (χ0n) is 15.1. The van der Waals surface area contributed by atoms with E-state index in [0.717, 1.165) is 32.1 Å². The van der Waals surface area contributed by atoms with E-state index in [4.69, 9.17) is 9.47 Å². The number of esters is 1. The summed E-state index contributed by atoms with van der Waals surface area (Å²) in [6, 6.07) is 0. The van der Waals surface area contributed by atoms with Gasteiger partial charge in [0, 0.05) is 5.57 Å². The van der Waals surface area contributed by atoms with Gasteiger partial charge in [-0.2, -0.15) is 0 Å². The van der Waals surface area contributed by atoms with Crippen molar-refractivity contribution in [3.8, 4) is 0 Å². The summed E-state index contributed by atoms with van der Waals surface area (Å²) < 4.78 is 11.7. The Hall–Kier alpha value is -1.13. The smallest absolute Gasteiger partial charge is 0.334 e. The molecule has 1 N–H and O–H groups in total. The first-order chi connectivity index (χ1) is 11.2. The second-order valence-corrected chi connectivity index (χ2v) is 8.26. The zero-order valence-corrected chi connectivity index (χ0v) is 15.1. The highest BCUT2D eigenvalue weighted by molar-refractivity contribution is 5.89. The molecule has 3 rings (SSSR count). The molecule has 2 fully saturated rings. The monoisotopic (exact) mass is 334 g/mol. The predicted octanol–water partition coefficient (Wildman–Crippen LogP) is 3.68. The Kier molecular flexibility index (Phi) is 4.65. The molecule has 2 bridgehead atoms. The number of rotatable bonds is 0. The first-order valence-electron chi connectivity index (χ1n) is 9.17. The van der Waals surface area contributed by atoms with E-state index in [0.29, 0.717) is 18.4 Å². The first-order valence-corrected chi connectivity index (χ1v) is 9.17. The Balaban J connectivity index is 1.85. The van der Waals surface area contributed by atoms with Gasteiger partial charge >= 0.3 is 5.97 Å². The van der Waals surface area contributed by atoms with Gasteiger partial charge in [0.15, 0.2) is 0 Å². The van der Waals surface area contributed by atoms with Gasteiger partial charge in [0.25, 0.3) is 0 Å². The Morgan fingerprint density at radius 1 is 1.25 bits per heavy atom. The molecule has 24 heavy (non-hydrogen) atoms. The molecule has 0 aromatic rings. The summed E-state index contributed by atoms with van der Waals surface area (Å²) in [5.41, 5.74) is 0.915. The van der Waals surface area contributed by atoms with Crippen LogP contribution in [-0.2, 0) is 14.3 Å². The van der Waals surface area contributed by atoms with Crippen LogP contribution in [0.3, 0.4) is 0 Å². The van der Waals surface area contributed by atoms with Gasteiger partial charge in [-0.3, -0.25) is 0 Å². The standard InChI is InChI=1S/C20H30O4/c1-13-6-5-10-20(4)17(23-20)12-15-9-11-19(3,16(21)8-7-13)24-18(22)14(15)2/h6,15-17,21H,2,5,7-12H2,1,3-4H3/b13-6+. The molecule has 5 atom stereocenters. The van der Waals surface area contributed by atoms with E-state index in [1.807, 2.05) is 6.92 Å². The third-order valence-corrected chi connectivity index (χ3v) is 6.25. The second kappa shape index (κ2) is 6.30. The van der Waals surface area contributed by atoms with Gasteiger partial charge in [-0.15, -0.1) is 0 Å². The quantitative estimate of drug-likeness (QED) is 0.318. The summed E-state index contributed by atoms with van der Waals surface area (Å²) in [6.45, 7) is 10.1. The lowest BCUT2D eigenvalue weighted by Crippen LogP contribution is -2.43. The number of carbonyl (C=O) groups excluding carboxylic acids is 1. The molecular formula is C20H30O4. The van der Waals surface area contributed by atoms with Crippen molar-refractivity contribution < 1.29 is 19.4 Å². The Morgan fingerprint density at radius 2 is 2.00 bits per heavy atom. The van der Waals surface area contributed by atoms with Crippen LogP contribution < -0.4 is 0 Å². The fourth-order valence-electron chi connectivity index (χ4n) is 4.07. The highest BCUT2D eigenvalue weighted by atomic mass is 16.6. The summed E-state index contributed by atoms with van der Waals surface area (Å²) >= 11 is 0. The van der Waals surface area contributed by atoms with Crippen molar-refractivity contribution in [1.82, 2.24) is 0 Å². The number of carbonyl (C=O) groups is 1. The van der Waals surface area contributed by atoms with E-state index in [1.165, 1.54) is 5.57 Å². The molecule has 0 aromatic carbocycles. The van der Waals surface area contributed by atoms with Crippen molar-refractivity contribution in [3.63, 3.8) is 0 Å². The van der Waals surface area contributed by atoms with Crippen molar-refractivity contribution >= 4 is 5.97 Å². The van der Waals surface area contributed by atoms with Crippen molar-refractivity contribution in [2.75, 3.05) is 0 Å². The number of aliphatic hydroxyl groups excluding tert-OH is 1. The van der Waals surface area contributed by atoms with Gasteiger partial charge in [-0.05, 0) is 71.6 Å². The molecule has 4 heteroatoms. The van der Waals surface area contributed by atoms with Crippen LogP contribution in [0, 0.1) is 5.92 Å². The van der Waals surface area contributed by atoms with Crippen LogP contribution in [-0.4, -0.2) is 34.5 Å². The normalized spacial score (nSPS) is 46.2. The second-order valence-electron chi connectivity index (χ2n) is 8.26. The number of allylic oxidation sites excluding steroid dienone is 2. The average Bonchev–Trinajstić information content (AvgIpc) is 3.18. The molecule has 134 valence electrons. The van der Waals surface area contributed by atoms with E-state index >= 15 is 0 Å². The molecule has 0 spiro atoms. The molecule has 3 aliphatic rings. The molecule has 4 nitrogen and oxygen atoms in total. The van der Waals surface area contributed by atoms with E-state index < -0.39 is 11.7 Å². The molecule has 2 aliphatic heterocycles. The van der Waals surface area contributed by atoms with E-state index in [1.54, 1.807) is 0 Å². The molecule has 0 radical (unpaired) electrons. The van der Waals surface area contributed by atoms with Gasteiger partial charge < -0.3 is 14.6 Å². The molecule has 0 saturated carbocycles. The third-order valence-electron chi connectivity index (χ3n) is 6.25. The molecule has 0 aromatic heterocycles. The van der Waals surface area contributed by atoms with Crippen molar-refractivity contribution in [2.45, 2.75) is 89.1 Å². The molecular weight excluding hydrogens is 304 g/mol. The van der Waals surface area contributed by atoms with Gasteiger partial charge in [0.2, 0.25) is 0 Å². The van der Waals surface area contributed by atoms with Crippen LogP contribution in [0.4, 0.5) is 0 Å². The number of aliphatic hydroxyl groups is 1. The fourth-order valence-corrected chi connectivity index (χ4v) is 4.07. The maximum absolute atomic E-state index is 12.4. The molecule has 1 aliphatic carbocycles. The third kappa shape index (κ3) is 3.45. The van der Waals surface area contributed by atoms with Gasteiger partial charge in [-0.1, -0.05) is 18.2 Å². The summed E-state index contributed by atoms with van der Waals surface area (Å²) in [5, 5.41) is 10.7. The summed E-state index contributed by atoms with van der Waals surface area (Å²) in [7, 11) is 0. The molecule has 5 unspecified atom stereocenters. The SMILES string of the molecule is C=C1C(=O)OC2(C)CCC1CC1OC1(C)CC/C=C(\C)CCC2O. The Labute approximate surface area is 144 Å². The van der Waals surface area contributed by atoms with Gasteiger partial charge in [0.05, 0.1) is 17.8 Å². The van der Waals surface area contributed by atoms with E-state index in [-0.39, 0.29) is 23.6 Å². The van der Waals surface area contributed by atoms with E-state index in [9.17, 15) is 9.90 Å². The van der Waals surface area contributed by atoms with Crippen molar-refractivity contribution in [2.24, 2.45) is 5.92 Å². The molecule has 2 saturated heterocycles. The van der Waals surface area contributed by atoms with Crippen LogP contribution >= 0.6 is 0 Å². The minimum absolute atomic E-state index is 0.0692. The highest BCUT2D eigenvalue weighted by Gasteiger charge is 2.53. The van der Waals surface area contributed by atoms with Crippen molar-refractivity contribution in [1.29, 1.82) is 0 Å². The largest absolute Gasteiger partial charge is 0.453 e. The summed E-state index contributed by atoms with van der Waals surface area (Å²) in [5.74, 6) is -0.276. The van der Waals surface area contributed by atoms with E-state index in [2.05, 4.69) is 26.5 Å². The topological polar surface area (TPSA) is 59.1 Å². The predicted molar refractivity (Wildman–Crippen MR) is 92.5 cm³/mol. The lowest BCUT2D eigenvalue weighted by Gasteiger charge is -2.33. The highest BCUT2D eigenvalue weighted by Crippen LogP contribution is 2.47. The summed E-state index contributed by atoms with van der Waals surface area (Å²) in [6.07, 6.45) is 7.51. The lowest BCUT2D eigenvalue weighted by atomic mass is 9.82. The minimum atomic E-state index is -0.827. The first kappa shape index (κ1) is 17.7. The number of fused-ring (bicyclic) bond motifs is 4. The summed E-state index contributed by atoms with van der Waals surface area (Å²) in [4.78, 5) is 12.4. The van der Waals surface area contributed by atoms with Crippen LogP contribution in [0.1, 0.15) is 65.7 Å². The number of epoxide rings is 1. The van der Waals surface area contributed by atoms with Crippen LogP contribution in [0.15, 0.2) is 23.8 Å². The maximum atomic E-state index is 12.4. The molecule has 0 amide bonds. The van der Waals surface area contributed by atoms with Gasteiger partial charge in [0.1, 0.15) is 5.60 Å². The minimum Gasteiger partial charge on any atom is -0.453 e. The Bertz CT molecular complexity index is 566. The van der Waals surface area contributed by atoms with Gasteiger partial charge in [-0.25, -0.2) is 4.79 Å². The number of hydrogen-bond acceptors (Lipinski definition) is 4. The average molecular weight is 334 g/mol.